The third-order valence-corrected chi connectivity index (χ3v) is 4.31. The zero-order valence-corrected chi connectivity index (χ0v) is 15.4. The number of carbonyl (C=O) groups is 2. The van der Waals surface area contributed by atoms with E-state index in [1.165, 1.54) is 13.2 Å². The molecule has 1 atom stereocenters. The van der Waals surface area contributed by atoms with E-state index in [1.54, 1.807) is 48.5 Å². The Morgan fingerprint density at radius 3 is 2.52 bits per heavy atom. The van der Waals surface area contributed by atoms with Crippen LogP contribution in [0.1, 0.15) is 23.1 Å². The van der Waals surface area contributed by atoms with Crippen molar-refractivity contribution in [2.24, 2.45) is 0 Å². The van der Waals surface area contributed by atoms with Crippen LogP contribution in [0.4, 0.5) is 5.69 Å². The van der Waals surface area contributed by atoms with Crippen LogP contribution in [0.15, 0.2) is 54.6 Å². The van der Waals surface area contributed by atoms with Crippen molar-refractivity contribution < 1.29 is 19.2 Å². The Bertz CT molecular complexity index is 1060. The number of hydrogen-bond donors (Lipinski definition) is 2. The number of nitrogens with one attached hydrogen (secondary N) is 2. The number of hydroxylamine groups is 1. The molecule has 1 aliphatic heterocycles. The minimum atomic E-state index is -1.65. The molecule has 2 aromatic rings. The zero-order chi connectivity index (χ0) is 20.9. The fourth-order valence-corrected chi connectivity index (χ4v) is 2.77. The van der Waals surface area contributed by atoms with E-state index < -0.39 is 17.5 Å². The molecule has 1 aliphatic rings. The predicted octanol–water partition coefficient (Wildman–Crippen LogP) is 2.25. The van der Waals surface area contributed by atoms with Gasteiger partial charge in [-0.15, -0.1) is 0 Å². The molecule has 1 amide bonds. The quantitative estimate of drug-likeness (QED) is 0.753. The maximum Gasteiger partial charge on any atom is 0.309 e. The monoisotopic (exact) mass is 388 g/mol. The van der Waals surface area contributed by atoms with Crippen molar-refractivity contribution in [3.05, 3.63) is 71.3 Å². The van der Waals surface area contributed by atoms with Gasteiger partial charge in [-0.25, -0.2) is 0 Å². The van der Waals surface area contributed by atoms with E-state index in [2.05, 4.69) is 10.8 Å². The summed E-state index contributed by atoms with van der Waals surface area (Å²) in [5.74, 6) is -1.23. The van der Waals surface area contributed by atoms with Gasteiger partial charge >= 0.3 is 5.97 Å². The Morgan fingerprint density at radius 1 is 1.14 bits per heavy atom. The number of esters is 1. The second-order valence-electron chi connectivity index (χ2n) is 6.24. The highest BCUT2D eigenvalue weighted by atomic mass is 16.7. The molecule has 0 aliphatic carbocycles. The number of nitrogens with zero attached hydrogens (tertiary/aromatic N) is 2. The van der Waals surface area contributed by atoms with Gasteiger partial charge in [0.15, 0.2) is 0 Å². The lowest BCUT2D eigenvalue weighted by Gasteiger charge is -2.23. The second-order valence-corrected chi connectivity index (χ2v) is 6.24. The number of ether oxygens (including phenoxy) is 1. The topological polar surface area (TPSA) is 124 Å². The van der Waals surface area contributed by atoms with E-state index in [4.69, 9.17) is 20.1 Å². The highest BCUT2D eigenvalue weighted by Gasteiger charge is 2.45. The first kappa shape index (κ1) is 19.6. The molecule has 0 spiro atoms. The summed E-state index contributed by atoms with van der Waals surface area (Å²) in [6, 6.07) is 17.0. The second kappa shape index (κ2) is 8.26. The van der Waals surface area contributed by atoms with Crippen molar-refractivity contribution in [3.8, 4) is 12.1 Å². The van der Waals surface area contributed by atoms with E-state index in [-0.39, 0.29) is 6.42 Å². The SMILES string of the molecule is COC(=O)CC1(C(=O)Nc2ccc(C#N)cc2)C=C(c2cccc(C#N)c2)NO1. The predicted molar refractivity (Wildman–Crippen MR) is 103 cm³/mol. The largest absolute Gasteiger partial charge is 0.469 e. The van der Waals surface area contributed by atoms with Crippen molar-refractivity contribution in [2.75, 3.05) is 12.4 Å². The maximum absolute atomic E-state index is 13.0. The van der Waals surface area contributed by atoms with Crippen LogP contribution in [-0.4, -0.2) is 24.6 Å². The third kappa shape index (κ3) is 4.24. The van der Waals surface area contributed by atoms with Crippen LogP contribution in [0, 0.1) is 22.7 Å². The van der Waals surface area contributed by atoms with Crippen LogP contribution in [0.5, 0.6) is 0 Å². The summed E-state index contributed by atoms with van der Waals surface area (Å²) in [6.07, 6.45) is 1.12. The van der Waals surface area contributed by atoms with Crippen LogP contribution in [0.2, 0.25) is 0 Å². The lowest BCUT2D eigenvalue weighted by atomic mass is 9.95. The molecule has 0 saturated heterocycles. The van der Waals surface area contributed by atoms with E-state index in [0.29, 0.717) is 28.1 Å². The average molecular weight is 388 g/mol. The summed E-state index contributed by atoms with van der Waals surface area (Å²) < 4.78 is 4.71. The molecule has 1 unspecified atom stereocenters. The first-order chi connectivity index (χ1) is 14.0. The van der Waals surface area contributed by atoms with Crippen molar-refractivity contribution in [1.29, 1.82) is 10.5 Å². The molecule has 8 nitrogen and oxygen atoms in total. The smallest absolute Gasteiger partial charge is 0.309 e. The Balaban J connectivity index is 1.92. The van der Waals surface area contributed by atoms with Gasteiger partial charge in [-0.2, -0.15) is 10.5 Å². The molecule has 0 fully saturated rings. The summed E-state index contributed by atoms with van der Waals surface area (Å²) in [4.78, 5) is 30.5. The van der Waals surface area contributed by atoms with E-state index in [9.17, 15) is 9.59 Å². The molecule has 144 valence electrons. The van der Waals surface area contributed by atoms with Crippen molar-refractivity contribution in [1.82, 2.24) is 5.48 Å². The number of hydrogen-bond acceptors (Lipinski definition) is 7. The Morgan fingerprint density at radius 2 is 1.86 bits per heavy atom. The minimum absolute atomic E-state index is 0.361. The van der Waals surface area contributed by atoms with Gasteiger partial charge in [0.25, 0.3) is 5.91 Å². The highest BCUT2D eigenvalue weighted by molar-refractivity contribution is 6.02. The van der Waals surface area contributed by atoms with Crippen LogP contribution in [-0.2, 0) is 19.2 Å². The first-order valence-electron chi connectivity index (χ1n) is 8.55. The zero-order valence-electron chi connectivity index (χ0n) is 15.4. The number of benzene rings is 2. The van der Waals surface area contributed by atoms with Gasteiger partial charge in [-0.1, -0.05) is 12.1 Å². The van der Waals surface area contributed by atoms with Gasteiger partial charge in [0.05, 0.1) is 42.5 Å². The number of amides is 1. The highest BCUT2D eigenvalue weighted by Crippen LogP contribution is 2.31. The molecule has 0 aromatic heterocycles. The molecular weight excluding hydrogens is 372 g/mol. The van der Waals surface area contributed by atoms with Gasteiger partial charge in [-0.3, -0.25) is 19.9 Å². The van der Waals surface area contributed by atoms with Crippen LogP contribution >= 0.6 is 0 Å². The normalized spacial score (nSPS) is 17.3. The average Bonchev–Trinajstić information content (AvgIpc) is 3.19. The summed E-state index contributed by atoms with van der Waals surface area (Å²) in [7, 11) is 1.22. The number of nitriles is 2. The van der Waals surface area contributed by atoms with E-state index in [1.807, 2.05) is 12.1 Å². The fraction of sp³-hybridized carbons (Fsp3) is 0.143. The molecular formula is C21H16N4O4. The molecule has 0 radical (unpaired) electrons. The van der Waals surface area contributed by atoms with Crippen LogP contribution in [0.25, 0.3) is 5.70 Å². The van der Waals surface area contributed by atoms with Gasteiger partial charge in [0.2, 0.25) is 5.60 Å². The number of methoxy groups -OCH3 is 1. The lowest BCUT2D eigenvalue weighted by Crippen LogP contribution is -2.45. The van der Waals surface area contributed by atoms with Gasteiger partial charge in [0.1, 0.15) is 0 Å². The van der Waals surface area contributed by atoms with E-state index >= 15 is 0 Å². The summed E-state index contributed by atoms with van der Waals surface area (Å²) in [5.41, 5.74) is 3.42. The lowest BCUT2D eigenvalue weighted by molar-refractivity contribution is -0.154. The summed E-state index contributed by atoms with van der Waals surface area (Å²) in [6.45, 7) is 0. The Labute approximate surface area is 166 Å². The third-order valence-electron chi connectivity index (χ3n) is 4.31. The summed E-state index contributed by atoms with van der Waals surface area (Å²) >= 11 is 0. The molecule has 0 saturated carbocycles. The van der Waals surface area contributed by atoms with Crippen molar-refractivity contribution >= 4 is 23.3 Å². The first-order valence-corrected chi connectivity index (χ1v) is 8.55. The molecule has 2 aromatic carbocycles. The van der Waals surface area contributed by atoms with Crippen molar-refractivity contribution in [3.63, 3.8) is 0 Å². The molecule has 2 N–H and O–H groups in total. The molecule has 0 bridgehead atoms. The van der Waals surface area contributed by atoms with E-state index in [0.717, 1.165) is 0 Å². The molecule has 3 rings (SSSR count). The molecule has 29 heavy (non-hydrogen) atoms. The van der Waals surface area contributed by atoms with Gasteiger partial charge in [0, 0.05) is 11.3 Å². The maximum atomic E-state index is 13.0. The molecule has 8 heteroatoms. The van der Waals surface area contributed by atoms with Crippen molar-refractivity contribution in [2.45, 2.75) is 12.0 Å². The standard InChI is InChI=1S/C21H16N4O4/c1-28-19(26)11-21(20(27)24-17-7-5-14(12-22)6-8-17)10-18(25-29-21)16-4-2-3-15(9-16)13-23/h2-10,25H,11H2,1H3,(H,24,27). The fourth-order valence-electron chi connectivity index (χ4n) is 2.77. The number of anilines is 1. The van der Waals surface area contributed by atoms with Crippen LogP contribution < -0.4 is 10.8 Å². The van der Waals surface area contributed by atoms with Gasteiger partial charge in [-0.05, 0) is 42.5 Å². The van der Waals surface area contributed by atoms with Crippen LogP contribution in [0.3, 0.4) is 0 Å². The Hall–Kier alpha value is -4.14. The Kier molecular flexibility index (Phi) is 5.59. The molecule has 1 heterocycles. The number of carbonyl (C=O) groups excluding carboxylic acids is 2. The van der Waals surface area contributed by atoms with Gasteiger partial charge < -0.3 is 10.1 Å². The summed E-state index contributed by atoms with van der Waals surface area (Å²) in [5, 5.41) is 20.6. The number of rotatable bonds is 5. The minimum Gasteiger partial charge on any atom is -0.469 e.